The first kappa shape index (κ1) is 17.5. The summed E-state index contributed by atoms with van der Waals surface area (Å²) in [5.41, 5.74) is 7.34. The molecule has 6 nitrogen and oxygen atoms in total. The molecule has 0 unspecified atom stereocenters. The predicted octanol–water partition coefficient (Wildman–Crippen LogP) is 3.65. The molecule has 3 aromatic carbocycles. The predicted molar refractivity (Wildman–Crippen MR) is 102 cm³/mol. The zero-order valence-electron chi connectivity index (χ0n) is 13.7. The third-order valence-corrected chi connectivity index (χ3v) is 5.11. The van der Waals surface area contributed by atoms with E-state index >= 15 is 0 Å². The molecule has 0 aliphatic rings. The molecule has 0 radical (unpaired) electrons. The molecule has 0 atom stereocenters. The topological polar surface area (TPSA) is 101 Å². The summed E-state index contributed by atoms with van der Waals surface area (Å²) >= 11 is 0. The van der Waals surface area contributed by atoms with Gasteiger partial charge < -0.3 is 11.1 Å². The molecule has 0 bridgehead atoms. The lowest BCUT2D eigenvalue weighted by Gasteiger charge is -2.13. The molecule has 4 N–H and O–H groups in total. The van der Waals surface area contributed by atoms with Crippen LogP contribution in [0.1, 0.15) is 0 Å². The Balaban J connectivity index is 1.91. The van der Waals surface area contributed by atoms with Crippen molar-refractivity contribution in [1.82, 2.24) is 0 Å². The van der Waals surface area contributed by atoms with Gasteiger partial charge in [-0.1, -0.05) is 48.5 Å². The van der Waals surface area contributed by atoms with Crippen LogP contribution in [-0.2, 0) is 10.0 Å². The number of nitrogens with one attached hydrogen (secondary N) is 2. The van der Waals surface area contributed by atoms with Gasteiger partial charge in [-0.05, 0) is 35.9 Å². The molecular formula is C19H17N3O3S. The van der Waals surface area contributed by atoms with E-state index in [0.717, 1.165) is 5.56 Å². The van der Waals surface area contributed by atoms with Gasteiger partial charge in [0.25, 0.3) is 10.0 Å². The Morgan fingerprint density at radius 2 is 1.35 bits per heavy atom. The fraction of sp³-hybridized carbons (Fsp3) is 0. The van der Waals surface area contributed by atoms with Crippen molar-refractivity contribution in [3.63, 3.8) is 0 Å². The van der Waals surface area contributed by atoms with Gasteiger partial charge in [-0.3, -0.25) is 4.72 Å². The molecule has 0 heterocycles. The number of sulfonamides is 1. The van der Waals surface area contributed by atoms with Crippen molar-refractivity contribution in [2.75, 3.05) is 10.0 Å². The van der Waals surface area contributed by atoms with Crippen LogP contribution in [-0.4, -0.2) is 14.4 Å². The average molecular weight is 367 g/mol. The third kappa shape index (κ3) is 4.01. The van der Waals surface area contributed by atoms with Crippen LogP contribution in [0.4, 0.5) is 16.2 Å². The molecule has 0 saturated carbocycles. The van der Waals surface area contributed by atoms with Crippen molar-refractivity contribution in [3.05, 3.63) is 78.9 Å². The van der Waals surface area contributed by atoms with E-state index < -0.39 is 16.1 Å². The number of nitrogens with two attached hydrogens (primary N) is 1. The summed E-state index contributed by atoms with van der Waals surface area (Å²) in [7, 11) is -3.79. The summed E-state index contributed by atoms with van der Waals surface area (Å²) < 4.78 is 28.3. The summed E-state index contributed by atoms with van der Waals surface area (Å²) in [6, 6.07) is 21.7. The van der Waals surface area contributed by atoms with Crippen molar-refractivity contribution < 1.29 is 13.2 Å². The number of amides is 2. The highest BCUT2D eigenvalue weighted by molar-refractivity contribution is 7.92. The Kier molecular flexibility index (Phi) is 4.90. The van der Waals surface area contributed by atoms with Gasteiger partial charge in [-0.15, -0.1) is 0 Å². The molecule has 26 heavy (non-hydrogen) atoms. The number of hydrogen-bond acceptors (Lipinski definition) is 3. The second kappa shape index (κ2) is 7.28. The molecule has 0 aliphatic heterocycles. The minimum absolute atomic E-state index is 0.186. The molecule has 0 spiro atoms. The number of rotatable bonds is 5. The minimum atomic E-state index is -3.79. The summed E-state index contributed by atoms with van der Waals surface area (Å²) in [4.78, 5) is 11.0. The monoisotopic (exact) mass is 367 g/mol. The Labute approximate surface area is 151 Å². The third-order valence-electron chi connectivity index (χ3n) is 3.67. The van der Waals surface area contributed by atoms with E-state index in [4.69, 9.17) is 5.73 Å². The number of urea groups is 1. The summed E-state index contributed by atoms with van der Waals surface area (Å²) in [6.45, 7) is 0. The Morgan fingerprint density at radius 1 is 0.769 bits per heavy atom. The van der Waals surface area contributed by atoms with E-state index in [1.807, 2.05) is 30.3 Å². The van der Waals surface area contributed by atoms with E-state index in [-0.39, 0.29) is 4.90 Å². The number of hydrogen-bond donors (Lipinski definition) is 3. The first-order valence-electron chi connectivity index (χ1n) is 7.79. The Morgan fingerprint density at radius 3 is 2.00 bits per heavy atom. The van der Waals surface area contributed by atoms with Gasteiger partial charge in [0.2, 0.25) is 0 Å². The first-order chi connectivity index (χ1) is 12.5. The molecule has 2 amide bonds. The highest BCUT2D eigenvalue weighted by atomic mass is 32.2. The van der Waals surface area contributed by atoms with Crippen molar-refractivity contribution in [2.45, 2.75) is 4.90 Å². The highest BCUT2D eigenvalue weighted by Gasteiger charge is 2.19. The van der Waals surface area contributed by atoms with Gasteiger partial charge in [0.1, 0.15) is 0 Å². The van der Waals surface area contributed by atoms with Crippen LogP contribution in [0.5, 0.6) is 0 Å². The fourth-order valence-electron chi connectivity index (χ4n) is 2.53. The van der Waals surface area contributed by atoms with Crippen molar-refractivity contribution >= 4 is 27.4 Å². The van der Waals surface area contributed by atoms with Crippen LogP contribution < -0.4 is 15.8 Å². The summed E-state index contributed by atoms with van der Waals surface area (Å²) in [6.07, 6.45) is 0. The van der Waals surface area contributed by atoms with Gasteiger partial charge in [-0.25, -0.2) is 13.2 Å². The van der Waals surface area contributed by atoms with Crippen LogP contribution in [0.2, 0.25) is 0 Å². The summed E-state index contributed by atoms with van der Waals surface area (Å²) in [5.74, 6) is 0. The molecule has 0 aliphatic carbocycles. The molecule has 0 fully saturated rings. The summed E-state index contributed by atoms with van der Waals surface area (Å²) in [5, 5.41) is 2.42. The van der Waals surface area contributed by atoms with Crippen LogP contribution in [0.3, 0.4) is 0 Å². The van der Waals surface area contributed by atoms with E-state index in [9.17, 15) is 13.2 Å². The minimum Gasteiger partial charge on any atom is -0.351 e. The number of carbonyl (C=O) groups excluding carboxylic acids is 1. The SMILES string of the molecule is NC(=O)Nc1ccc(NS(=O)(=O)c2ccccc2-c2ccccc2)cc1. The number of carbonyl (C=O) groups is 1. The molecule has 7 heteroatoms. The van der Waals surface area contributed by atoms with Crippen LogP contribution in [0.15, 0.2) is 83.8 Å². The van der Waals surface area contributed by atoms with E-state index in [1.165, 1.54) is 0 Å². The first-order valence-corrected chi connectivity index (χ1v) is 9.28. The zero-order chi connectivity index (χ0) is 18.6. The van der Waals surface area contributed by atoms with E-state index in [1.54, 1.807) is 48.5 Å². The van der Waals surface area contributed by atoms with Gasteiger partial charge in [0.05, 0.1) is 4.90 Å². The van der Waals surface area contributed by atoms with Crippen LogP contribution >= 0.6 is 0 Å². The molecule has 3 aromatic rings. The maximum Gasteiger partial charge on any atom is 0.316 e. The largest absolute Gasteiger partial charge is 0.351 e. The highest BCUT2D eigenvalue weighted by Crippen LogP contribution is 2.28. The molecule has 3 rings (SSSR count). The Bertz CT molecular complexity index is 1020. The molecule has 0 aromatic heterocycles. The maximum absolute atomic E-state index is 12.9. The second-order valence-corrected chi connectivity index (χ2v) is 7.19. The quantitative estimate of drug-likeness (QED) is 0.641. The smallest absolute Gasteiger partial charge is 0.316 e. The van der Waals surface area contributed by atoms with Crippen LogP contribution in [0.25, 0.3) is 11.1 Å². The zero-order valence-corrected chi connectivity index (χ0v) is 14.5. The molecule has 0 saturated heterocycles. The van der Waals surface area contributed by atoms with Crippen molar-refractivity contribution in [2.24, 2.45) is 5.73 Å². The fourth-order valence-corrected chi connectivity index (χ4v) is 3.82. The van der Waals surface area contributed by atoms with Gasteiger partial charge >= 0.3 is 6.03 Å². The number of benzene rings is 3. The van der Waals surface area contributed by atoms with E-state index in [0.29, 0.717) is 16.9 Å². The molecular weight excluding hydrogens is 350 g/mol. The van der Waals surface area contributed by atoms with Crippen LogP contribution in [0, 0.1) is 0 Å². The second-order valence-electron chi connectivity index (χ2n) is 5.53. The normalized spacial score (nSPS) is 10.9. The standard InChI is InChI=1S/C19H17N3O3S/c20-19(23)21-15-10-12-16(13-11-15)22-26(24,25)18-9-5-4-8-17(18)14-6-2-1-3-7-14/h1-13,22H,(H3,20,21,23). The van der Waals surface area contributed by atoms with Gasteiger partial charge in [0.15, 0.2) is 0 Å². The van der Waals surface area contributed by atoms with Gasteiger partial charge in [0, 0.05) is 16.9 Å². The average Bonchev–Trinajstić information content (AvgIpc) is 2.63. The number of anilines is 2. The number of primary amides is 1. The lowest BCUT2D eigenvalue weighted by Crippen LogP contribution is -2.19. The maximum atomic E-state index is 12.9. The van der Waals surface area contributed by atoms with Gasteiger partial charge in [-0.2, -0.15) is 0 Å². The Hall–Kier alpha value is -3.32. The lowest BCUT2D eigenvalue weighted by atomic mass is 10.1. The molecule has 132 valence electrons. The lowest BCUT2D eigenvalue weighted by molar-refractivity contribution is 0.259. The van der Waals surface area contributed by atoms with E-state index in [2.05, 4.69) is 10.0 Å². The van der Waals surface area contributed by atoms with Crippen molar-refractivity contribution in [3.8, 4) is 11.1 Å². The van der Waals surface area contributed by atoms with Crippen molar-refractivity contribution in [1.29, 1.82) is 0 Å².